The molecule has 2 rings (SSSR count). The van der Waals surface area contributed by atoms with E-state index >= 15 is 0 Å². The molecule has 2 aromatic rings. The molecule has 1 aromatic carbocycles. The molecule has 22 heavy (non-hydrogen) atoms. The summed E-state index contributed by atoms with van der Waals surface area (Å²) in [7, 11) is -2.21. The molecule has 7 heteroatoms. The molecule has 0 atom stereocenters. The van der Waals surface area contributed by atoms with Gasteiger partial charge in [-0.2, -0.15) is 9.97 Å². The summed E-state index contributed by atoms with van der Waals surface area (Å²) in [6.07, 6.45) is 0.859. The minimum absolute atomic E-state index is 0.208. The maximum absolute atomic E-state index is 12.5. The number of methoxy groups -OCH3 is 1. The maximum Gasteiger partial charge on any atom is 0.316 e. The Bertz CT molecular complexity index is 748. The molecule has 0 amide bonds. The number of ether oxygens (including phenoxy) is 1. The van der Waals surface area contributed by atoms with Crippen molar-refractivity contribution in [3.8, 4) is 6.01 Å². The van der Waals surface area contributed by atoms with Gasteiger partial charge in [-0.1, -0.05) is 19.1 Å². The maximum atomic E-state index is 12.5. The van der Waals surface area contributed by atoms with Gasteiger partial charge in [-0.25, -0.2) is 8.42 Å². The third kappa shape index (κ3) is 3.36. The van der Waals surface area contributed by atoms with E-state index in [0.717, 1.165) is 12.0 Å². The molecule has 0 spiro atoms. The smallest absolute Gasteiger partial charge is 0.316 e. The molecule has 0 bridgehead atoms. The van der Waals surface area contributed by atoms with E-state index in [-0.39, 0.29) is 10.9 Å². The number of hydrogen-bond donors (Lipinski definition) is 1. The molecule has 0 fully saturated rings. The number of hydrogen-bond acceptors (Lipinski definition) is 5. The number of nitrogens with zero attached hydrogens (tertiary/aromatic N) is 2. The van der Waals surface area contributed by atoms with E-state index in [9.17, 15) is 8.42 Å². The summed E-state index contributed by atoms with van der Waals surface area (Å²) in [6.45, 7) is 5.42. The molecular formula is C15H19N3O3S. The lowest BCUT2D eigenvalue weighted by Crippen LogP contribution is -2.16. The fraction of sp³-hybridized carbons (Fsp3) is 0.333. The Labute approximate surface area is 130 Å². The predicted octanol–water partition coefficient (Wildman–Crippen LogP) is 2.47. The standard InChI is InChI=1S/C15H19N3O3S/c1-5-12-6-8-13(9-7-12)22(19,20)18-14-10(2)16-15(21-4)17-11(14)3/h6-9,18H,5H2,1-4H3. The van der Waals surface area contributed by atoms with Crippen LogP contribution >= 0.6 is 0 Å². The first-order valence-corrected chi connectivity index (χ1v) is 8.36. The van der Waals surface area contributed by atoms with Crippen LogP contribution in [0.15, 0.2) is 29.2 Å². The molecule has 118 valence electrons. The highest BCUT2D eigenvalue weighted by Crippen LogP contribution is 2.23. The fourth-order valence-electron chi connectivity index (χ4n) is 2.02. The Morgan fingerprint density at radius 2 is 1.64 bits per heavy atom. The largest absolute Gasteiger partial charge is 0.467 e. The lowest BCUT2D eigenvalue weighted by Gasteiger charge is -2.13. The summed E-state index contributed by atoms with van der Waals surface area (Å²) in [5, 5.41) is 0. The average molecular weight is 321 g/mol. The Morgan fingerprint density at radius 3 is 2.09 bits per heavy atom. The van der Waals surface area contributed by atoms with Gasteiger partial charge in [0.2, 0.25) is 0 Å². The molecule has 1 heterocycles. The lowest BCUT2D eigenvalue weighted by molar-refractivity contribution is 0.378. The summed E-state index contributed by atoms with van der Waals surface area (Å²) >= 11 is 0. The molecule has 0 unspecified atom stereocenters. The van der Waals surface area contributed by atoms with E-state index in [1.165, 1.54) is 7.11 Å². The third-order valence-electron chi connectivity index (χ3n) is 3.31. The van der Waals surface area contributed by atoms with E-state index < -0.39 is 10.0 Å². The molecule has 0 aliphatic carbocycles. The van der Waals surface area contributed by atoms with Gasteiger partial charge in [0.25, 0.3) is 10.0 Å². The SMILES string of the molecule is CCc1ccc(S(=O)(=O)Nc2c(C)nc(OC)nc2C)cc1. The molecule has 1 aromatic heterocycles. The molecule has 0 aliphatic rings. The van der Waals surface area contributed by atoms with Crippen LogP contribution in [-0.4, -0.2) is 25.5 Å². The van der Waals surface area contributed by atoms with Gasteiger partial charge in [0.1, 0.15) is 0 Å². The number of benzene rings is 1. The first-order chi connectivity index (χ1) is 10.4. The van der Waals surface area contributed by atoms with Gasteiger partial charge in [0.15, 0.2) is 0 Å². The highest BCUT2D eigenvalue weighted by Gasteiger charge is 2.18. The first-order valence-electron chi connectivity index (χ1n) is 6.88. The summed E-state index contributed by atoms with van der Waals surface area (Å²) < 4.78 is 32.4. The van der Waals surface area contributed by atoms with Crippen LogP contribution in [-0.2, 0) is 16.4 Å². The second-order valence-corrected chi connectivity index (χ2v) is 6.54. The van der Waals surface area contributed by atoms with Crippen LogP contribution in [0.5, 0.6) is 6.01 Å². The predicted molar refractivity (Wildman–Crippen MR) is 84.7 cm³/mol. The average Bonchev–Trinajstić information content (AvgIpc) is 2.50. The van der Waals surface area contributed by atoms with Crippen molar-refractivity contribution in [2.75, 3.05) is 11.8 Å². The lowest BCUT2D eigenvalue weighted by atomic mass is 10.2. The highest BCUT2D eigenvalue weighted by atomic mass is 32.2. The van der Waals surface area contributed by atoms with Gasteiger partial charge in [0.05, 0.1) is 29.1 Å². The monoisotopic (exact) mass is 321 g/mol. The van der Waals surface area contributed by atoms with E-state index in [1.54, 1.807) is 38.1 Å². The quantitative estimate of drug-likeness (QED) is 0.915. The summed E-state index contributed by atoms with van der Waals surface area (Å²) in [5.74, 6) is 0. The number of aromatic nitrogens is 2. The second kappa shape index (κ2) is 6.31. The molecule has 0 saturated heterocycles. The van der Waals surface area contributed by atoms with Gasteiger partial charge in [-0.3, -0.25) is 4.72 Å². The molecular weight excluding hydrogens is 302 g/mol. The van der Waals surface area contributed by atoms with Gasteiger partial charge in [0, 0.05) is 0 Å². The molecule has 1 N–H and O–H groups in total. The molecule has 0 radical (unpaired) electrons. The Hall–Kier alpha value is -2.15. The third-order valence-corrected chi connectivity index (χ3v) is 4.68. The molecule has 0 saturated carbocycles. The fourth-order valence-corrected chi connectivity index (χ4v) is 3.20. The zero-order valence-electron chi connectivity index (χ0n) is 13.0. The van der Waals surface area contributed by atoms with E-state index in [4.69, 9.17) is 4.74 Å². The van der Waals surface area contributed by atoms with Crippen LogP contribution in [0.25, 0.3) is 0 Å². The Morgan fingerprint density at radius 1 is 1.09 bits per heavy atom. The number of aryl methyl sites for hydroxylation is 3. The number of sulfonamides is 1. The van der Waals surface area contributed by atoms with Crippen molar-refractivity contribution in [2.24, 2.45) is 0 Å². The first kappa shape index (κ1) is 16.2. The Kier molecular flexibility index (Phi) is 4.65. The van der Waals surface area contributed by atoms with Gasteiger partial charge < -0.3 is 4.74 Å². The van der Waals surface area contributed by atoms with E-state index in [1.807, 2.05) is 6.92 Å². The molecule has 6 nitrogen and oxygen atoms in total. The summed E-state index contributed by atoms with van der Waals surface area (Å²) in [6, 6.07) is 7.01. The minimum atomic E-state index is -3.67. The second-order valence-electron chi connectivity index (χ2n) is 4.86. The van der Waals surface area contributed by atoms with E-state index in [0.29, 0.717) is 17.1 Å². The number of rotatable bonds is 5. The van der Waals surface area contributed by atoms with Crippen LogP contribution in [0.2, 0.25) is 0 Å². The van der Waals surface area contributed by atoms with Crippen LogP contribution in [0, 0.1) is 13.8 Å². The van der Waals surface area contributed by atoms with Crippen molar-refractivity contribution in [2.45, 2.75) is 32.1 Å². The van der Waals surface area contributed by atoms with Crippen molar-refractivity contribution >= 4 is 15.7 Å². The summed E-state index contributed by atoms with van der Waals surface area (Å²) in [4.78, 5) is 8.40. The van der Waals surface area contributed by atoms with Crippen molar-refractivity contribution in [3.63, 3.8) is 0 Å². The van der Waals surface area contributed by atoms with Crippen molar-refractivity contribution in [1.29, 1.82) is 0 Å². The zero-order chi connectivity index (χ0) is 16.3. The molecule has 0 aliphatic heterocycles. The van der Waals surface area contributed by atoms with Gasteiger partial charge in [-0.05, 0) is 38.0 Å². The normalized spacial score (nSPS) is 11.3. The zero-order valence-corrected chi connectivity index (χ0v) is 13.9. The van der Waals surface area contributed by atoms with Crippen LogP contribution < -0.4 is 9.46 Å². The van der Waals surface area contributed by atoms with Gasteiger partial charge >= 0.3 is 6.01 Å². The van der Waals surface area contributed by atoms with Crippen molar-refractivity contribution in [3.05, 3.63) is 41.2 Å². The number of anilines is 1. The van der Waals surface area contributed by atoms with Crippen LogP contribution in [0.4, 0.5) is 5.69 Å². The summed E-state index contributed by atoms with van der Waals surface area (Å²) in [5.41, 5.74) is 2.48. The van der Waals surface area contributed by atoms with Crippen molar-refractivity contribution in [1.82, 2.24) is 9.97 Å². The van der Waals surface area contributed by atoms with Crippen molar-refractivity contribution < 1.29 is 13.2 Å². The van der Waals surface area contributed by atoms with Gasteiger partial charge in [-0.15, -0.1) is 0 Å². The minimum Gasteiger partial charge on any atom is -0.467 e. The van der Waals surface area contributed by atoms with Crippen LogP contribution in [0.1, 0.15) is 23.9 Å². The highest BCUT2D eigenvalue weighted by molar-refractivity contribution is 7.92. The van der Waals surface area contributed by atoms with Crippen LogP contribution in [0.3, 0.4) is 0 Å². The Balaban J connectivity index is 2.36. The topological polar surface area (TPSA) is 81.2 Å². The number of nitrogens with one attached hydrogen (secondary N) is 1. The van der Waals surface area contributed by atoms with E-state index in [2.05, 4.69) is 14.7 Å².